The average Bonchev–Trinajstić information content (AvgIpc) is 2.62. The molecule has 0 amide bonds. The quantitative estimate of drug-likeness (QED) is 0.582. The molecule has 3 aromatic carbocycles. The first kappa shape index (κ1) is 16.2. The van der Waals surface area contributed by atoms with Crippen LogP contribution in [0.4, 0.5) is 0 Å². The number of ketones is 1. The zero-order chi connectivity index (χ0) is 17.2. The summed E-state index contributed by atoms with van der Waals surface area (Å²) in [5.74, 6) is 0.123. The second-order valence-electron chi connectivity index (χ2n) is 6.55. The molecule has 1 unspecified atom stereocenters. The fraction of sp³-hybridized carbons (Fsp3) is 0.174. The number of rotatable bonds is 4. The summed E-state index contributed by atoms with van der Waals surface area (Å²) in [5.41, 5.74) is 4.42. The molecular weight excluding hydrogens is 292 g/mol. The first-order chi connectivity index (χ1) is 11.5. The number of hydrogen-bond donors (Lipinski definition) is 0. The molecule has 0 heterocycles. The Labute approximate surface area is 144 Å². The van der Waals surface area contributed by atoms with Gasteiger partial charge in [-0.3, -0.25) is 4.79 Å². The standard InChI is InChI=1S/C23H22O/c1-17-9-13-19(14-10-17)22(24)23(3,20-7-5-4-6-8-20)21-15-11-18(2)12-16-21/h4-16H,1-3H3. The highest BCUT2D eigenvalue weighted by molar-refractivity contribution is 6.06. The molecule has 0 aromatic heterocycles. The van der Waals surface area contributed by atoms with Gasteiger partial charge in [-0.25, -0.2) is 0 Å². The molecule has 0 bridgehead atoms. The number of carbonyl (C=O) groups excluding carboxylic acids is 1. The molecule has 0 aliphatic carbocycles. The monoisotopic (exact) mass is 314 g/mol. The number of benzene rings is 3. The van der Waals surface area contributed by atoms with Crippen molar-refractivity contribution in [2.45, 2.75) is 26.2 Å². The first-order valence-corrected chi connectivity index (χ1v) is 8.26. The lowest BCUT2D eigenvalue weighted by Gasteiger charge is -2.30. The maximum Gasteiger partial charge on any atom is 0.177 e. The van der Waals surface area contributed by atoms with Crippen molar-refractivity contribution in [3.8, 4) is 0 Å². The summed E-state index contributed by atoms with van der Waals surface area (Å²) in [6, 6.07) is 26.1. The van der Waals surface area contributed by atoms with Crippen molar-refractivity contribution < 1.29 is 4.79 Å². The number of carbonyl (C=O) groups is 1. The van der Waals surface area contributed by atoms with Gasteiger partial charge < -0.3 is 0 Å². The summed E-state index contributed by atoms with van der Waals surface area (Å²) in [5, 5.41) is 0. The van der Waals surface area contributed by atoms with Crippen molar-refractivity contribution in [1.82, 2.24) is 0 Å². The van der Waals surface area contributed by atoms with Gasteiger partial charge >= 0.3 is 0 Å². The highest BCUT2D eigenvalue weighted by atomic mass is 16.1. The lowest BCUT2D eigenvalue weighted by atomic mass is 9.71. The Hall–Kier alpha value is -2.67. The SMILES string of the molecule is Cc1ccc(C(=O)C(C)(c2ccccc2)c2ccc(C)cc2)cc1. The minimum atomic E-state index is -0.704. The topological polar surface area (TPSA) is 17.1 Å². The van der Waals surface area contributed by atoms with Gasteiger partial charge in [-0.2, -0.15) is 0 Å². The normalized spacial score (nSPS) is 13.3. The molecule has 0 aliphatic heterocycles. The summed E-state index contributed by atoms with van der Waals surface area (Å²) in [6.07, 6.45) is 0. The van der Waals surface area contributed by atoms with E-state index in [4.69, 9.17) is 0 Å². The Kier molecular flexibility index (Phi) is 4.35. The highest BCUT2D eigenvalue weighted by Crippen LogP contribution is 2.35. The minimum Gasteiger partial charge on any atom is -0.293 e. The van der Waals surface area contributed by atoms with Gasteiger partial charge in [0.05, 0.1) is 5.41 Å². The fourth-order valence-corrected chi connectivity index (χ4v) is 3.08. The van der Waals surface area contributed by atoms with Crippen LogP contribution in [-0.4, -0.2) is 5.78 Å². The molecule has 3 rings (SSSR count). The van der Waals surface area contributed by atoms with E-state index in [9.17, 15) is 4.79 Å². The predicted octanol–water partition coefficient (Wildman–Crippen LogP) is 5.49. The largest absolute Gasteiger partial charge is 0.293 e. The van der Waals surface area contributed by atoms with Gasteiger partial charge in [0, 0.05) is 5.56 Å². The zero-order valence-corrected chi connectivity index (χ0v) is 14.4. The van der Waals surface area contributed by atoms with E-state index in [1.54, 1.807) is 0 Å². The van der Waals surface area contributed by atoms with Crippen LogP contribution in [0.25, 0.3) is 0 Å². The molecule has 3 aromatic rings. The van der Waals surface area contributed by atoms with Crippen LogP contribution >= 0.6 is 0 Å². The highest BCUT2D eigenvalue weighted by Gasteiger charge is 2.37. The molecule has 1 nitrogen and oxygen atoms in total. The third kappa shape index (κ3) is 2.90. The number of Topliss-reactive ketones (excluding diaryl/α,β-unsaturated/α-hetero) is 1. The fourth-order valence-electron chi connectivity index (χ4n) is 3.08. The molecule has 0 saturated heterocycles. The number of aryl methyl sites for hydroxylation is 2. The van der Waals surface area contributed by atoms with Crippen LogP contribution in [-0.2, 0) is 5.41 Å². The third-order valence-electron chi connectivity index (χ3n) is 4.75. The molecule has 120 valence electrons. The van der Waals surface area contributed by atoms with Crippen molar-refractivity contribution in [2.24, 2.45) is 0 Å². The van der Waals surface area contributed by atoms with Crippen LogP contribution in [0.5, 0.6) is 0 Å². The van der Waals surface area contributed by atoms with E-state index < -0.39 is 5.41 Å². The second kappa shape index (κ2) is 6.45. The Bertz CT molecular complexity index is 829. The maximum absolute atomic E-state index is 13.5. The van der Waals surface area contributed by atoms with Crippen molar-refractivity contribution in [2.75, 3.05) is 0 Å². The van der Waals surface area contributed by atoms with E-state index in [1.165, 1.54) is 5.56 Å². The van der Waals surface area contributed by atoms with Crippen LogP contribution in [0.1, 0.15) is 39.5 Å². The Morgan fingerprint density at radius 2 is 1.12 bits per heavy atom. The smallest absolute Gasteiger partial charge is 0.177 e. The third-order valence-corrected chi connectivity index (χ3v) is 4.75. The Balaban J connectivity index is 2.17. The van der Waals surface area contributed by atoms with Gasteiger partial charge in [0.1, 0.15) is 0 Å². The van der Waals surface area contributed by atoms with Gasteiger partial charge in [-0.05, 0) is 31.9 Å². The molecule has 24 heavy (non-hydrogen) atoms. The van der Waals surface area contributed by atoms with Crippen LogP contribution in [0, 0.1) is 13.8 Å². The van der Waals surface area contributed by atoms with Crippen LogP contribution < -0.4 is 0 Å². The molecule has 0 N–H and O–H groups in total. The van der Waals surface area contributed by atoms with E-state index in [-0.39, 0.29) is 5.78 Å². The van der Waals surface area contributed by atoms with Crippen LogP contribution in [0.2, 0.25) is 0 Å². The molecule has 0 radical (unpaired) electrons. The van der Waals surface area contributed by atoms with E-state index in [2.05, 4.69) is 31.2 Å². The molecule has 0 fully saturated rings. The van der Waals surface area contributed by atoms with Gasteiger partial charge in [-0.1, -0.05) is 90.0 Å². The van der Waals surface area contributed by atoms with Crippen LogP contribution in [0.15, 0.2) is 78.9 Å². The Morgan fingerprint density at radius 1 is 0.667 bits per heavy atom. The predicted molar refractivity (Wildman–Crippen MR) is 99.6 cm³/mol. The average molecular weight is 314 g/mol. The van der Waals surface area contributed by atoms with Gasteiger partial charge in [-0.15, -0.1) is 0 Å². The second-order valence-corrected chi connectivity index (χ2v) is 6.55. The summed E-state index contributed by atoms with van der Waals surface area (Å²) in [6.45, 7) is 6.12. The van der Waals surface area contributed by atoms with E-state index >= 15 is 0 Å². The summed E-state index contributed by atoms with van der Waals surface area (Å²) >= 11 is 0. The van der Waals surface area contributed by atoms with Gasteiger partial charge in [0.25, 0.3) is 0 Å². The lowest BCUT2D eigenvalue weighted by Crippen LogP contribution is -2.34. The van der Waals surface area contributed by atoms with Crippen molar-refractivity contribution in [1.29, 1.82) is 0 Å². The molecule has 0 spiro atoms. The zero-order valence-electron chi connectivity index (χ0n) is 14.4. The molecule has 1 atom stereocenters. The van der Waals surface area contributed by atoms with E-state index in [0.717, 1.165) is 22.3 Å². The Morgan fingerprint density at radius 3 is 1.67 bits per heavy atom. The minimum absolute atomic E-state index is 0.123. The lowest BCUT2D eigenvalue weighted by molar-refractivity contribution is 0.0922. The van der Waals surface area contributed by atoms with Crippen LogP contribution in [0.3, 0.4) is 0 Å². The summed E-state index contributed by atoms with van der Waals surface area (Å²) < 4.78 is 0. The molecular formula is C23H22O. The van der Waals surface area contributed by atoms with Gasteiger partial charge in [0.15, 0.2) is 5.78 Å². The maximum atomic E-state index is 13.5. The summed E-state index contributed by atoms with van der Waals surface area (Å²) in [4.78, 5) is 13.5. The van der Waals surface area contributed by atoms with Gasteiger partial charge in [0.2, 0.25) is 0 Å². The van der Waals surface area contributed by atoms with Crippen molar-refractivity contribution in [3.05, 3.63) is 107 Å². The van der Waals surface area contributed by atoms with E-state index in [0.29, 0.717) is 0 Å². The molecule has 0 aliphatic rings. The first-order valence-electron chi connectivity index (χ1n) is 8.26. The number of hydrogen-bond acceptors (Lipinski definition) is 1. The van der Waals surface area contributed by atoms with Crippen molar-refractivity contribution >= 4 is 5.78 Å². The summed E-state index contributed by atoms with van der Waals surface area (Å²) in [7, 11) is 0. The molecule has 1 heteroatoms. The molecule has 0 saturated carbocycles. The van der Waals surface area contributed by atoms with Crippen molar-refractivity contribution in [3.63, 3.8) is 0 Å². The van der Waals surface area contributed by atoms with E-state index in [1.807, 2.05) is 68.4 Å².